The Labute approximate surface area is 96.9 Å². The minimum Gasteiger partial charge on any atom is -0.352 e. The lowest BCUT2D eigenvalue weighted by Crippen LogP contribution is -2.25. The molecule has 0 aliphatic rings. The second kappa shape index (κ2) is 4.89. The van der Waals surface area contributed by atoms with Crippen molar-refractivity contribution in [2.75, 3.05) is 6.54 Å². The molecule has 5 nitrogen and oxygen atoms in total. The molecule has 84 valence electrons. The Hall–Kier alpha value is -1.69. The van der Waals surface area contributed by atoms with Gasteiger partial charge in [0, 0.05) is 30.2 Å². The van der Waals surface area contributed by atoms with E-state index in [0.29, 0.717) is 12.1 Å². The van der Waals surface area contributed by atoms with Gasteiger partial charge in [-0.1, -0.05) is 0 Å². The molecule has 2 rings (SSSR count). The summed E-state index contributed by atoms with van der Waals surface area (Å²) in [6.45, 7) is 2.42. The van der Waals surface area contributed by atoms with Gasteiger partial charge in [0.2, 0.25) is 0 Å². The zero-order valence-corrected chi connectivity index (χ0v) is 9.67. The molecule has 0 radical (unpaired) electrons. The molecule has 0 unspecified atom stereocenters. The number of aryl methyl sites for hydroxylation is 1. The zero-order valence-electron chi connectivity index (χ0n) is 8.86. The first-order chi connectivity index (χ1) is 7.77. The minimum absolute atomic E-state index is 0.0946. The topological polar surface area (TPSA) is 70.7 Å². The van der Waals surface area contributed by atoms with E-state index in [1.54, 1.807) is 17.5 Å². The number of carbonyl (C=O) groups excluding carboxylic acids is 1. The maximum Gasteiger partial charge on any atom is 0.254 e. The number of nitrogens with zero attached hydrogens (tertiary/aromatic N) is 2. The molecule has 16 heavy (non-hydrogen) atoms. The van der Waals surface area contributed by atoms with E-state index in [1.165, 1.54) is 6.20 Å². The van der Waals surface area contributed by atoms with Crippen molar-refractivity contribution in [1.29, 1.82) is 0 Å². The highest BCUT2D eigenvalue weighted by atomic mass is 32.1. The number of hydrogen-bond acceptors (Lipinski definition) is 4. The van der Waals surface area contributed by atoms with Gasteiger partial charge in [0.1, 0.15) is 0 Å². The number of rotatable bonds is 4. The highest BCUT2D eigenvalue weighted by Crippen LogP contribution is 2.04. The van der Waals surface area contributed by atoms with E-state index >= 15 is 0 Å². The normalized spacial score (nSPS) is 10.3. The van der Waals surface area contributed by atoms with Gasteiger partial charge >= 0.3 is 0 Å². The Morgan fingerprint density at radius 2 is 2.50 bits per heavy atom. The van der Waals surface area contributed by atoms with Gasteiger partial charge in [0.15, 0.2) is 0 Å². The molecule has 0 atom stereocenters. The van der Waals surface area contributed by atoms with Gasteiger partial charge in [-0.2, -0.15) is 5.10 Å². The standard InChI is InChI=1S/C10H12N4OS/c1-7-8(6-13-14-7)10(15)12-3-2-9-11-4-5-16-9/h4-6H,2-3H2,1H3,(H,12,15)(H,13,14). The van der Waals surface area contributed by atoms with Crippen LogP contribution in [0, 0.1) is 6.92 Å². The molecule has 0 saturated heterocycles. The van der Waals surface area contributed by atoms with Crippen molar-refractivity contribution in [3.8, 4) is 0 Å². The Morgan fingerprint density at radius 3 is 3.12 bits per heavy atom. The number of aromatic amines is 1. The summed E-state index contributed by atoms with van der Waals surface area (Å²) in [6.07, 6.45) is 4.07. The highest BCUT2D eigenvalue weighted by molar-refractivity contribution is 7.09. The number of hydrogen-bond donors (Lipinski definition) is 2. The predicted molar refractivity (Wildman–Crippen MR) is 61.5 cm³/mol. The molecule has 2 aromatic rings. The first kappa shape index (κ1) is 10.8. The molecule has 0 aliphatic heterocycles. The lowest BCUT2D eigenvalue weighted by atomic mass is 10.2. The fraction of sp³-hybridized carbons (Fsp3) is 0.300. The van der Waals surface area contributed by atoms with Crippen LogP contribution in [-0.4, -0.2) is 27.6 Å². The van der Waals surface area contributed by atoms with Crippen LogP contribution in [0.15, 0.2) is 17.8 Å². The summed E-state index contributed by atoms with van der Waals surface area (Å²) >= 11 is 1.59. The maximum absolute atomic E-state index is 11.7. The monoisotopic (exact) mass is 236 g/mol. The molecular weight excluding hydrogens is 224 g/mol. The van der Waals surface area contributed by atoms with Crippen LogP contribution in [0.25, 0.3) is 0 Å². The van der Waals surface area contributed by atoms with Crippen LogP contribution in [0.5, 0.6) is 0 Å². The van der Waals surface area contributed by atoms with Crippen molar-refractivity contribution < 1.29 is 4.79 Å². The van der Waals surface area contributed by atoms with E-state index in [0.717, 1.165) is 17.1 Å². The average Bonchev–Trinajstić information content (AvgIpc) is 2.88. The largest absolute Gasteiger partial charge is 0.352 e. The van der Waals surface area contributed by atoms with Gasteiger partial charge in [-0.3, -0.25) is 9.89 Å². The first-order valence-corrected chi connectivity index (χ1v) is 5.82. The predicted octanol–water partition coefficient (Wildman–Crippen LogP) is 1.15. The van der Waals surface area contributed by atoms with Crippen LogP contribution in [0.4, 0.5) is 0 Å². The average molecular weight is 236 g/mol. The summed E-state index contributed by atoms with van der Waals surface area (Å²) in [5.74, 6) is -0.0946. The third kappa shape index (κ3) is 2.46. The highest BCUT2D eigenvalue weighted by Gasteiger charge is 2.09. The summed E-state index contributed by atoms with van der Waals surface area (Å²) in [7, 11) is 0. The first-order valence-electron chi connectivity index (χ1n) is 4.94. The van der Waals surface area contributed by atoms with Crippen molar-refractivity contribution >= 4 is 17.2 Å². The Kier molecular flexibility index (Phi) is 3.31. The van der Waals surface area contributed by atoms with Crippen molar-refractivity contribution in [2.45, 2.75) is 13.3 Å². The third-order valence-electron chi connectivity index (χ3n) is 2.18. The van der Waals surface area contributed by atoms with Crippen molar-refractivity contribution in [3.63, 3.8) is 0 Å². The smallest absolute Gasteiger partial charge is 0.254 e. The van der Waals surface area contributed by atoms with Gasteiger partial charge < -0.3 is 5.32 Å². The van der Waals surface area contributed by atoms with E-state index < -0.39 is 0 Å². The van der Waals surface area contributed by atoms with Crippen molar-refractivity contribution in [3.05, 3.63) is 34.0 Å². The summed E-state index contributed by atoms with van der Waals surface area (Å²) in [6, 6.07) is 0. The molecule has 0 fully saturated rings. The fourth-order valence-electron chi connectivity index (χ4n) is 1.33. The summed E-state index contributed by atoms with van der Waals surface area (Å²) in [5, 5.41) is 12.3. The second-order valence-corrected chi connectivity index (χ2v) is 4.32. The van der Waals surface area contributed by atoms with E-state index in [9.17, 15) is 4.79 Å². The number of thiazole rings is 1. The number of amides is 1. The molecule has 0 saturated carbocycles. The molecule has 0 spiro atoms. The lowest BCUT2D eigenvalue weighted by Gasteiger charge is -2.02. The molecule has 1 amide bonds. The van der Waals surface area contributed by atoms with Crippen LogP contribution in [-0.2, 0) is 6.42 Å². The van der Waals surface area contributed by atoms with Gasteiger partial charge in [-0.15, -0.1) is 11.3 Å². The van der Waals surface area contributed by atoms with Crippen LogP contribution >= 0.6 is 11.3 Å². The van der Waals surface area contributed by atoms with Crippen molar-refractivity contribution in [2.24, 2.45) is 0 Å². The number of nitrogens with one attached hydrogen (secondary N) is 2. The van der Waals surface area contributed by atoms with Gasteiger partial charge in [-0.05, 0) is 6.92 Å². The Bertz CT molecular complexity index is 463. The molecule has 0 aliphatic carbocycles. The van der Waals surface area contributed by atoms with Gasteiger partial charge in [0.05, 0.1) is 16.8 Å². The second-order valence-electron chi connectivity index (χ2n) is 3.34. The molecule has 2 heterocycles. The van der Waals surface area contributed by atoms with Crippen LogP contribution < -0.4 is 5.32 Å². The van der Waals surface area contributed by atoms with E-state index in [2.05, 4.69) is 20.5 Å². The lowest BCUT2D eigenvalue weighted by molar-refractivity contribution is 0.0953. The summed E-state index contributed by atoms with van der Waals surface area (Å²) < 4.78 is 0. The molecule has 0 aromatic carbocycles. The summed E-state index contributed by atoms with van der Waals surface area (Å²) in [5.41, 5.74) is 1.38. The van der Waals surface area contributed by atoms with Crippen LogP contribution in [0.1, 0.15) is 21.1 Å². The Balaban J connectivity index is 1.83. The van der Waals surface area contributed by atoms with E-state index in [1.807, 2.05) is 12.3 Å². The molecule has 0 bridgehead atoms. The number of aromatic nitrogens is 3. The third-order valence-corrected chi connectivity index (χ3v) is 3.02. The molecule has 2 N–H and O–H groups in total. The van der Waals surface area contributed by atoms with Crippen LogP contribution in [0.2, 0.25) is 0 Å². The minimum atomic E-state index is -0.0946. The van der Waals surface area contributed by atoms with E-state index in [-0.39, 0.29) is 5.91 Å². The fourth-order valence-corrected chi connectivity index (χ4v) is 1.95. The van der Waals surface area contributed by atoms with E-state index in [4.69, 9.17) is 0 Å². The van der Waals surface area contributed by atoms with Crippen LogP contribution in [0.3, 0.4) is 0 Å². The number of carbonyl (C=O) groups is 1. The molecule has 2 aromatic heterocycles. The maximum atomic E-state index is 11.7. The number of H-pyrrole nitrogens is 1. The molecular formula is C10H12N4OS. The van der Waals surface area contributed by atoms with Gasteiger partial charge in [-0.25, -0.2) is 4.98 Å². The van der Waals surface area contributed by atoms with Crippen molar-refractivity contribution in [1.82, 2.24) is 20.5 Å². The quantitative estimate of drug-likeness (QED) is 0.836. The Morgan fingerprint density at radius 1 is 1.62 bits per heavy atom. The molecule has 6 heteroatoms. The SMILES string of the molecule is Cc1[nH]ncc1C(=O)NCCc1nccs1. The zero-order chi connectivity index (χ0) is 11.4. The summed E-state index contributed by atoms with van der Waals surface area (Å²) in [4.78, 5) is 15.8. The van der Waals surface area contributed by atoms with Gasteiger partial charge in [0.25, 0.3) is 5.91 Å².